The van der Waals surface area contributed by atoms with Crippen molar-refractivity contribution in [2.75, 3.05) is 24.5 Å². The summed E-state index contributed by atoms with van der Waals surface area (Å²) in [6, 6.07) is 19.2. The van der Waals surface area contributed by atoms with Gasteiger partial charge in [0.2, 0.25) is 5.91 Å². The molecule has 2 atom stereocenters. The molecule has 1 unspecified atom stereocenters. The van der Waals surface area contributed by atoms with Gasteiger partial charge >= 0.3 is 0 Å². The SMILES string of the molecule is C[C@@H](C(=O)N1CCCN2c3ccccc3CC2C1)c1ccccc1. The largest absolute Gasteiger partial charge is 0.366 e. The average Bonchev–Trinajstić information content (AvgIpc) is 2.84. The number of amides is 1. The van der Waals surface area contributed by atoms with Crippen LogP contribution in [0, 0.1) is 0 Å². The summed E-state index contributed by atoms with van der Waals surface area (Å²) in [5.74, 6) is 0.195. The van der Waals surface area contributed by atoms with E-state index in [0.29, 0.717) is 6.04 Å². The Bertz CT molecular complexity index is 728. The number of fused-ring (bicyclic) bond motifs is 3. The zero-order chi connectivity index (χ0) is 16.5. The standard InChI is InChI=1S/C21H24N2O/c1-16(17-8-3-2-4-9-17)21(24)22-12-7-13-23-19(15-22)14-18-10-5-6-11-20(18)23/h2-6,8-11,16,19H,7,12-15H2,1H3/t16-,19?/m1/s1. The fourth-order valence-electron chi connectivity index (χ4n) is 4.13. The van der Waals surface area contributed by atoms with Crippen LogP contribution in [-0.2, 0) is 11.2 Å². The van der Waals surface area contributed by atoms with Gasteiger partial charge in [-0.25, -0.2) is 0 Å². The summed E-state index contributed by atoms with van der Waals surface area (Å²) >= 11 is 0. The van der Waals surface area contributed by atoms with Crippen LogP contribution in [0.4, 0.5) is 5.69 Å². The van der Waals surface area contributed by atoms with Gasteiger partial charge in [-0.15, -0.1) is 0 Å². The van der Waals surface area contributed by atoms with E-state index < -0.39 is 0 Å². The molecule has 0 aliphatic carbocycles. The van der Waals surface area contributed by atoms with Crippen molar-refractivity contribution in [2.24, 2.45) is 0 Å². The summed E-state index contributed by atoms with van der Waals surface area (Å²) in [6.07, 6.45) is 2.09. The van der Waals surface area contributed by atoms with E-state index in [9.17, 15) is 4.79 Å². The summed E-state index contributed by atoms with van der Waals surface area (Å²) in [6.45, 7) is 4.78. The van der Waals surface area contributed by atoms with Crippen LogP contribution < -0.4 is 4.90 Å². The Balaban J connectivity index is 1.51. The molecule has 2 aliphatic heterocycles. The highest BCUT2D eigenvalue weighted by molar-refractivity contribution is 5.83. The van der Waals surface area contributed by atoms with Crippen molar-refractivity contribution in [3.8, 4) is 0 Å². The fourth-order valence-corrected chi connectivity index (χ4v) is 4.13. The lowest BCUT2D eigenvalue weighted by atomic mass is 9.99. The summed E-state index contributed by atoms with van der Waals surface area (Å²) in [7, 11) is 0. The molecule has 0 N–H and O–H groups in total. The highest BCUT2D eigenvalue weighted by atomic mass is 16.2. The predicted octanol–water partition coefficient (Wildman–Crippen LogP) is 3.45. The van der Waals surface area contributed by atoms with Crippen LogP contribution in [0.25, 0.3) is 0 Å². The molecule has 2 heterocycles. The molecule has 24 heavy (non-hydrogen) atoms. The molecule has 2 aromatic rings. The Morgan fingerprint density at radius 1 is 1.04 bits per heavy atom. The van der Waals surface area contributed by atoms with Crippen LogP contribution in [-0.4, -0.2) is 36.5 Å². The monoisotopic (exact) mass is 320 g/mol. The number of hydrogen-bond donors (Lipinski definition) is 0. The zero-order valence-corrected chi connectivity index (χ0v) is 14.2. The number of benzene rings is 2. The van der Waals surface area contributed by atoms with Gasteiger partial charge in [0, 0.05) is 25.3 Å². The number of para-hydroxylation sites is 1. The third-order valence-electron chi connectivity index (χ3n) is 5.44. The van der Waals surface area contributed by atoms with Crippen molar-refractivity contribution in [3.05, 3.63) is 65.7 Å². The maximum atomic E-state index is 13.0. The molecule has 1 fully saturated rings. The molecule has 0 saturated carbocycles. The van der Waals surface area contributed by atoms with Gasteiger partial charge in [-0.2, -0.15) is 0 Å². The third kappa shape index (κ3) is 2.68. The molecule has 0 radical (unpaired) electrons. The average molecular weight is 320 g/mol. The molecule has 1 amide bonds. The van der Waals surface area contributed by atoms with E-state index in [1.165, 1.54) is 11.3 Å². The predicted molar refractivity (Wildman–Crippen MR) is 97.3 cm³/mol. The Morgan fingerprint density at radius 3 is 2.62 bits per heavy atom. The van der Waals surface area contributed by atoms with Crippen molar-refractivity contribution in [2.45, 2.75) is 31.7 Å². The minimum atomic E-state index is -0.0680. The lowest BCUT2D eigenvalue weighted by Gasteiger charge is -2.29. The van der Waals surface area contributed by atoms with E-state index in [1.54, 1.807) is 0 Å². The normalized spacial score (nSPS) is 21.0. The Morgan fingerprint density at radius 2 is 1.79 bits per heavy atom. The molecule has 3 heteroatoms. The first kappa shape index (κ1) is 15.3. The van der Waals surface area contributed by atoms with E-state index in [2.05, 4.69) is 46.2 Å². The lowest BCUT2D eigenvalue weighted by molar-refractivity contribution is -0.132. The maximum absolute atomic E-state index is 13.0. The summed E-state index contributed by atoms with van der Waals surface area (Å²) in [4.78, 5) is 17.6. The van der Waals surface area contributed by atoms with Gasteiger partial charge < -0.3 is 9.80 Å². The zero-order valence-electron chi connectivity index (χ0n) is 14.2. The number of anilines is 1. The molecule has 124 valence electrons. The van der Waals surface area contributed by atoms with Gasteiger partial charge in [0.15, 0.2) is 0 Å². The Hall–Kier alpha value is -2.29. The number of nitrogens with zero attached hydrogens (tertiary/aromatic N) is 2. The highest BCUT2D eigenvalue weighted by Gasteiger charge is 2.34. The van der Waals surface area contributed by atoms with E-state index >= 15 is 0 Å². The van der Waals surface area contributed by atoms with E-state index in [4.69, 9.17) is 0 Å². The first-order valence-electron chi connectivity index (χ1n) is 8.92. The van der Waals surface area contributed by atoms with Gasteiger partial charge in [-0.3, -0.25) is 4.79 Å². The second-order valence-corrected chi connectivity index (χ2v) is 6.95. The summed E-state index contributed by atoms with van der Waals surface area (Å²) in [5.41, 5.74) is 3.90. The maximum Gasteiger partial charge on any atom is 0.229 e. The van der Waals surface area contributed by atoms with Crippen molar-refractivity contribution in [1.29, 1.82) is 0 Å². The van der Waals surface area contributed by atoms with Crippen LogP contribution in [0.5, 0.6) is 0 Å². The first-order valence-corrected chi connectivity index (χ1v) is 8.92. The minimum Gasteiger partial charge on any atom is -0.366 e. The molecule has 4 rings (SSSR count). The van der Waals surface area contributed by atoms with Crippen LogP contribution in [0.15, 0.2) is 54.6 Å². The smallest absolute Gasteiger partial charge is 0.229 e. The van der Waals surface area contributed by atoms with Crippen molar-refractivity contribution in [1.82, 2.24) is 4.90 Å². The number of carbonyl (C=O) groups excluding carboxylic acids is 1. The van der Waals surface area contributed by atoms with Crippen LogP contribution in [0.3, 0.4) is 0 Å². The molecule has 0 spiro atoms. The van der Waals surface area contributed by atoms with Crippen molar-refractivity contribution in [3.63, 3.8) is 0 Å². The minimum absolute atomic E-state index is 0.0680. The van der Waals surface area contributed by atoms with Gasteiger partial charge in [-0.1, -0.05) is 48.5 Å². The van der Waals surface area contributed by atoms with Gasteiger partial charge in [0.1, 0.15) is 0 Å². The molecule has 2 aromatic carbocycles. The van der Waals surface area contributed by atoms with Gasteiger partial charge in [0.05, 0.1) is 12.0 Å². The van der Waals surface area contributed by atoms with Crippen molar-refractivity contribution < 1.29 is 4.79 Å². The fraction of sp³-hybridized carbons (Fsp3) is 0.381. The summed E-state index contributed by atoms with van der Waals surface area (Å²) in [5, 5.41) is 0. The quantitative estimate of drug-likeness (QED) is 0.846. The van der Waals surface area contributed by atoms with Gasteiger partial charge in [0.25, 0.3) is 0 Å². The highest BCUT2D eigenvalue weighted by Crippen LogP contribution is 2.34. The Labute approximate surface area is 143 Å². The first-order chi connectivity index (χ1) is 11.7. The lowest BCUT2D eigenvalue weighted by Crippen LogP contribution is -2.42. The number of rotatable bonds is 2. The van der Waals surface area contributed by atoms with Crippen LogP contribution in [0.2, 0.25) is 0 Å². The second-order valence-electron chi connectivity index (χ2n) is 6.95. The molecular weight excluding hydrogens is 296 g/mol. The van der Waals surface area contributed by atoms with E-state index in [1.807, 2.05) is 25.1 Å². The third-order valence-corrected chi connectivity index (χ3v) is 5.44. The van der Waals surface area contributed by atoms with E-state index in [-0.39, 0.29) is 11.8 Å². The Kier molecular flexibility index (Phi) is 4.01. The molecule has 3 nitrogen and oxygen atoms in total. The number of carbonyl (C=O) groups is 1. The summed E-state index contributed by atoms with van der Waals surface area (Å²) < 4.78 is 0. The number of hydrogen-bond acceptors (Lipinski definition) is 2. The molecule has 1 saturated heterocycles. The topological polar surface area (TPSA) is 23.6 Å². The molecule has 0 aromatic heterocycles. The van der Waals surface area contributed by atoms with E-state index in [0.717, 1.165) is 38.0 Å². The van der Waals surface area contributed by atoms with Crippen LogP contribution in [0.1, 0.15) is 30.4 Å². The second kappa shape index (κ2) is 6.31. The van der Waals surface area contributed by atoms with Crippen LogP contribution >= 0.6 is 0 Å². The molecule has 0 bridgehead atoms. The van der Waals surface area contributed by atoms with Crippen molar-refractivity contribution >= 4 is 11.6 Å². The molecule has 2 aliphatic rings. The van der Waals surface area contributed by atoms with Gasteiger partial charge in [-0.05, 0) is 37.0 Å². The molecular formula is C21H24N2O.